The molecule has 1 aliphatic rings. The van der Waals surface area contributed by atoms with Crippen molar-refractivity contribution in [3.05, 3.63) is 34.9 Å². The van der Waals surface area contributed by atoms with Crippen LogP contribution in [0.4, 0.5) is 4.79 Å². The second-order valence-electron chi connectivity index (χ2n) is 5.15. The molecular formula is C15H20N2O3S. The Hall–Kier alpha value is -1.69. The first-order valence-corrected chi connectivity index (χ1v) is 8.15. The van der Waals surface area contributed by atoms with Gasteiger partial charge in [0.25, 0.3) is 0 Å². The van der Waals surface area contributed by atoms with Crippen molar-refractivity contribution in [2.45, 2.75) is 33.0 Å². The third-order valence-electron chi connectivity index (χ3n) is 3.40. The van der Waals surface area contributed by atoms with Crippen molar-refractivity contribution < 1.29 is 14.7 Å². The van der Waals surface area contributed by atoms with E-state index < -0.39 is 5.97 Å². The molecule has 0 spiro atoms. The molecule has 0 fully saturated rings. The quantitative estimate of drug-likeness (QED) is 0.877. The van der Waals surface area contributed by atoms with Gasteiger partial charge in [0.1, 0.15) is 0 Å². The molecule has 114 valence electrons. The van der Waals surface area contributed by atoms with E-state index in [1.54, 1.807) is 34.9 Å². The molecule has 0 saturated carbocycles. The molecule has 21 heavy (non-hydrogen) atoms. The molecule has 1 atom stereocenters. The van der Waals surface area contributed by atoms with Gasteiger partial charge in [0, 0.05) is 24.9 Å². The van der Waals surface area contributed by atoms with Gasteiger partial charge in [-0.25, -0.2) is 9.59 Å². The van der Waals surface area contributed by atoms with Gasteiger partial charge in [0.05, 0.1) is 5.56 Å². The van der Waals surface area contributed by atoms with Gasteiger partial charge in [-0.3, -0.25) is 0 Å². The van der Waals surface area contributed by atoms with Gasteiger partial charge in [-0.05, 0) is 35.9 Å². The van der Waals surface area contributed by atoms with Crippen molar-refractivity contribution in [2.75, 3.05) is 11.5 Å². The maximum absolute atomic E-state index is 12.2. The lowest BCUT2D eigenvalue weighted by atomic mass is 10.1. The summed E-state index contributed by atoms with van der Waals surface area (Å²) in [5.41, 5.74) is 2.20. The highest BCUT2D eigenvalue weighted by Crippen LogP contribution is 2.24. The first-order valence-electron chi connectivity index (χ1n) is 6.99. The first kappa shape index (κ1) is 15.7. The van der Waals surface area contributed by atoms with Crippen molar-refractivity contribution >= 4 is 23.8 Å². The van der Waals surface area contributed by atoms with Gasteiger partial charge in [0.15, 0.2) is 0 Å². The Labute approximate surface area is 128 Å². The van der Waals surface area contributed by atoms with Crippen molar-refractivity contribution in [3.63, 3.8) is 0 Å². The Balaban J connectivity index is 1.96. The monoisotopic (exact) mass is 308 g/mol. The van der Waals surface area contributed by atoms with Crippen molar-refractivity contribution in [2.24, 2.45) is 0 Å². The van der Waals surface area contributed by atoms with Crippen LogP contribution in [0.25, 0.3) is 0 Å². The SMILES string of the molecule is CCSCC(C)NC(=O)N1Cc2ccc(C(=O)O)cc2C1. The Morgan fingerprint density at radius 3 is 2.76 bits per heavy atom. The average Bonchev–Trinajstić information content (AvgIpc) is 2.87. The summed E-state index contributed by atoms with van der Waals surface area (Å²) in [4.78, 5) is 24.9. The molecule has 0 aromatic heterocycles. The van der Waals surface area contributed by atoms with Gasteiger partial charge < -0.3 is 15.3 Å². The maximum atomic E-state index is 12.2. The lowest BCUT2D eigenvalue weighted by molar-refractivity contribution is 0.0696. The van der Waals surface area contributed by atoms with Crippen LogP contribution in [-0.4, -0.2) is 39.6 Å². The Morgan fingerprint density at radius 1 is 1.38 bits per heavy atom. The Bertz CT molecular complexity index is 548. The van der Waals surface area contributed by atoms with Crippen LogP contribution in [0.1, 0.15) is 35.3 Å². The number of nitrogens with zero attached hydrogens (tertiary/aromatic N) is 1. The molecule has 5 nitrogen and oxygen atoms in total. The molecule has 1 aromatic rings. The minimum atomic E-state index is -0.939. The van der Waals surface area contributed by atoms with Gasteiger partial charge >= 0.3 is 12.0 Å². The van der Waals surface area contributed by atoms with Crippen LogP contribution in [0, 0.1) is 0 Å². The van der Waals surface area contributed by atoms with Crippen molar-refractivity contribution in [1.29, 1.82) is 0 Å². The Kier molecular flexibility index (Phi) is 5.12. The summed E-state index contributed by atoms with van der Waals surface area (Å²) in [6, 6.07) is 5.07. The Morgan fingerprint density at radius 2 is 2.10 bits per heavy atom. The third-order valence-corrected chi connectivity index (χ3v) is 4.55. The van der Waals surface area contributed by atoms with E-state index in [1.807, 2.05) is 6.92 Å². The van der Waals surface area contributed by atoms with Gasteiger partial charge in [0.2, 0.25) is 0 Å². The maximum Gasteiger partial charge on any atom is 0.335 e. The number of fused-ring (bicyclic) bond motifs is 1. The van der Waals surface area contributed by atoms with Crippen LogP contribution in [0.3, 0.4) is 0 Å². The van der Waals surface area contributed by atoms with Crippen molar-refractivity contribution in [1.82, 2.24) is 10.2 Å². The fourth-order valence-corrected chi connectivity index (χ4v) is 2.98. The number of rotatable bonds is 5. The molecule has 0 bridgehead atoms. The predicted octanol–water partition coefficient (Wildman–Crippen LogP) is 2.55. The highest BCUT2D eigenvalue weighted by molar-refractivity contribution is 7.99. The summed E-state index contributed by atoms with van der Waals surface area (Å²) >= 11 is 1.79. The van der Waals surface area contributed by atoms with E-state index in [0.717, 1.165) is 22.6 Å². The number of amides is 2. The van der Waals surface area contributed by atoms with Crippen LogP contribution in [0.5, 0.6) is 0 Å². The second-order valence-corrected chi connectivity index (χ2v) is 6.47. The van der Waals surface area contributed by atoms with E-state index in [-0.39, 0.29) is 17.6 Å². The summed E-state index contributed by atoms with van der Waals surface area (Å²) in [5, 5.41) is 12.0. The largest absolute Gasteiger partial charge is 0.478 e. The zero-order valence-corrected chi connectivity index (χ0v) is 13.1. The van der Waals surface area contributed by atoms with Crippen LogP contribution in [0.15, 0.2) is 18.2 Å². The molecule has 2 N–H and O–H groups in total. The number of carbonyl (C=O) groups is 2. The predicted molar refractivity (Wildman–Crippen MR) is 83.6 cm³/mol. The summed E-state index contributed by atoms with van der Waals surface area (Å²) in [6.07, 6.45) is 0. The van der Waals surface area contributed by atoms with Crippen LogP contribution >= 0.6 is 11.8 Å². The lowest BCUT2D eigenvalue weighted by Gasteiger charge is -2.20. The zero-order valence-electron chi connectivity index (χ0n) is 12.3. The number of hydrogen-bond donors (Lipinski definition) is 2. The topological polar surface area (TPSA) is 69.6 Å². The van der Waals surface area contributed by atoms with Gasteiger partial charge in [-0.2, -0.15) is 11.8 Å². The van der Waals surface area contributed by atoms with E-state index in [0.29, 0.717) is 13.1 Å². The standard InChI is InChI=1S/C15H20N2O3S/c1-3-21-9-10(2)16-15(20)17-7-12-5-4-11(14(18)19)6-13(12)8-17/h4-6,10H,3,7-9H2,1-2H3,(H,16,20)(H,18,19). The summed E-state index contributed by atoms with van der Waals surface area (Å²) in [5.74, 6) is 0.991. The number of thioether (sulfide) groups is 1. The molecule has 2 amide bonds. The minimum absolute atomic E-state index is 0.0905. The number of urea groups is 1. The fourth-order valence-electron chi connectivity index (χ4n) is 2.31. The fraction of sp³-hybridized carbons (Fsp3) is 0.467. The number of hydrogen-bond acceptors (Lipinski definition) is 3. The summed E-state index contributed by atoms with van der Waals surface area (Å²) < 4.78 is 0. The minimum Gasteiger partial charge on any atom is -0.478 e. The first-order chi connectivity index (χ1) is 10.0. The molecule has 0 aliphatic carbocycles. The average molecular weight is 308 g/mol. The van der Waals surface area contributed by atoms with Crippen LogP contribution in [0.2, 0.25) is 0 Å². The highest BCUT2D eigenvalue weighted by Gasteiger charge is 2.24. The number of nitrogens with one attached hydrogen (secondary N) is 1. The molecule has 1 aliphatic heterocycles. The third kappa shape index (κ3) is 3.91. The van der Waals surface area contributed by atoms with Gasteiger partial charge in [-0.15, -0.1) is 0 Å². The van der Waals surface area contributed by atoms with E-state index in [4.69, 9.17) is 5.11 Å². The summed E-state index contributed by atoms with van der Waals surface area (Å²) in [7, 11) is 0. The van der Waals surface area contributed by atoms with E-state index in [2.05, 4.69) is 12.2 Å². The number of benzene rings is 1. The molecule has 2 rings (SSSR count). The molecule has 1 aromatic carbocycles. The molecule has 0 radical (unpaired) electrons. The van der Waals surface area contributed by atoms with Crippen LogP contribution < -0.4 is 5.32 Å². The molecule has 1 heterocycles. The zero-order chi connectivity index (χ0) is 15.4. The molecule has 6 heteroatoms. The summed E-state index contributed by atoms with van der Waals surface area (Å²) in [6.45, 7) is 5.09. The molecular weight excluding hydrogens is 288 g/mol. The lowest BCUT2D eigenvalue weighted by Crippen LogP contribution is -2.42. The number of carbonyl (C=O) groups excluding carboxylic acids is 1. The number of aromatic carboxylic acids is 1. The molecule has 0 saturated heterocycles. The van der Waals surface area contributed by atoms with Gasteiger partial charge in [-0.1, -0.05) is 13.0 Å². The second kappa shape index (κ2) is 6.85. The van der Waals surface area contributed by atoms with E-state index in [9.17, 15) is 9.59 Å². The van der Waals surface area contributed by atoms with Crippen molar-refractivity contribution in [3.8, 4) is 0 Å². The van der Waals surface area contributed by atoms with Crippen LogP contribution in [-0.2, 0) is 13.1 Å². The smallest absolute Gasteiger partial charge is 0.335 e. The normalized spacial score (nSPS) is 14.7. The van der Waals surface area contributed by atoms with E-state index >= 15 is 0 Å². The number of carboxylic acids is 1. The number of carboxylic acid groups (broad SMARTS) is 1. The van der Waals surface area contributed by atoms with E-state index in [1.165, 1.54) is 0 Å². The molecule has 1 unspecified atom stereocenters. The highest BCUT2D eigenvalue weighted by atomic mass is 32.2.